The van der Waals surface area contributed by atoms with Crippen molar-refractivity contribution >= 4 is 63.7 Å². The van der Waals surface area contributed by atoms with Gasteiger partial charge in [-0.1, -0.05) is 122 Å². The molecule has 5 aliphatic rings. The van der Waals surface area contributed by atoms with Crippen LogP contribution < -0.4 is 22.5 Å². The number of nitrogens with one attached hydrogen (secondary N) is 2. The van der Waals surface area contributed by atoms with Crippen molar-refractivity contribution in [2.45, 2.75) is 208 Å². The zero-order chi connectivity index (χ0) is 50.9. The zero-order valence-electron chi connectivity index (χ0n) is 42.3. The molecular formula is C44H74Cl2N4O14Si4. The van der Waals surface area contributed by atoms with E-state index in [2.05, 4.69) is 121 Å². The summed E-state index contributed by atoms with van der Waals surface area (Å²) < 4.78 is 62.8. The third kappa shape index (κ3) is 9.26. The monoisotopic (exact) mass is 1060 g/mol. The first kappa shape index (κ1) is 55.4. The third-order valence-electron chi connectivity index (χ3n) is 14.6. The molecule has 24 heteroatoms. The number of ether oxygens (including phenoxy) is 3. The lowest BCUT2D eigenvalue weighted by atomic mass is 10.0. The highest BCUT2D eigenvalue weighted by Crippen LogP contribution is 2.60. The first-order valence-electron chi connectivity index (χ1n) is 24.0. The van der Waals surface area contributed by atoms with Gasteiger partial charge < -0.3 is 44.9 Å². The van der Waals surface area contributed by atoms with E-state index in [0.29, 0.717) is 6.29 Å². The maximum absolute atomic E-state index is 12.7. The smallest absolute Gasteiger partial charge is 0.335 e. The summed E-state index contributed by atoms with van der Waals surface area (Å²) in [5.74, 6) is 0. The first-order valence-corrected chi connectivity index (χ1v) is 32.7. The van der Waals surface area contributed by atoms with Crippen LogP contribution in [0.3, 0.4) is 0 Å². The van der Waals surface area contributed by atoms with Gasteiger partial charge in [0.2, 0.25) is 0 Å². The van der Waals surface area contributed by atoms with Crippen molar-refractivity contribution in [1.29, 1.82) is 0 Å². The molecule has 18 nitrogen and oxygen atoms in total. The third-order valence-corrected chi connectivity index (χ3v) is 35.9. The first-order chi connectivity index (χ1) is 31.6. The standard InChI is InChI=1S/2C22H37ClN2O7Si2/c1-12(2)33(13(3)4)28-11-16-18(31-34(32-33,14(5)6)15(7)8)22(19(23)30-22)20(29-16)25-10-9-17(26)24-21(25)27;1-13(2)33(14(3)4)29-11-17-19(31-34(32-33,15(5)6)16(7)8)22(23,12-26)20(30-17)25-10-9-18(27)24-21(25)28/h9-10,12-16,18-20H,11H2,1-8H3,(H,24,26,27);9-10,12-17,19-20H,11H2,1-8H3,(H,24,27,28)/t16-,18+,19?,20-,22-;17-,19+,20-,22?/m11/s1. The number of carbonyl (C=O) groups is 1. The summed E-state index contributed by atoms with van der Waals surface area (Å²) in [6, 6.07) is 2.46. The second kappa shape index (κ2) is 20.2. The lowest BCUT2D eigenvalue weighted by Gasteiger charge is -2.51. The molecule has 0 saturated carbocycles. The quantitative estimate of drug-likeness (QED) is 0.0979. The zero-order valence-corrected chi connectivity index (χ0v) is 47.8. The van der Waals surface area contributed by atoms with E-state index in [1.54, 1.807) is 0 Å². The Balaban J connectivity index is 0.000000224. The summed E-state index contributed by atoms with van der Waals surface area (Å²) in [4.78, 5) is 63.8. The van der Waals surface area contributed by atoms with Gasteiger partial charge in [-0.25, -0.2) is 9.59 Å². The van der Waals surface area contributed by atoms with Crippen molar-refractivity contribution < 1.29 is 44.9 Å². The second-order valence-electron chi connectivity index (χ2n) is 21.3. The van der Waals surface area contributed by atoms with Gasteiger partial charge in [-0.15, -0.1) is 11.6 Å². The number of hydrogen-bond acceptors (Lipinski definition) is 14. The van der Waals surface area contributed by atoms with Crippen LogP contribution in [0.1, 0.15) is 123 Å². The predicted octanol–water partition coefficient (Wildman–Crippen LogP) is 7.29. The number of fused-ring (bicyclic) bond motifs is 3. The minimum absolute atomic E-state index is 0.0293. The highest BCUT2D eigenvalue weighted by Gasteiger charge is 2.77. The number of hydrogen-bond donors (Lipinski definition) is 2. The molecule has 5 saturated heterocycles. The number of aromatic nitrogens is 4. The lowest BCUT2D eigenvalue weighted by Crippen LogP contribution is -2.66. The van der Waals surface area contributed by atoms with Crippen molar-refractivity contribution in [3.63, 3.8) is 0 Å². The molecule has 0 radical (unpaired) electrons. The Bertz CT molecular complexity index is 2330. The van der Waals surface area contributed by atoms with Gasteiger partial charge in [0.25, 0.3) is 11.1 Å². The Kier molecular flexibility index (Phi) is 16.5. The minimum Gasteiger partial charge on any atom is -0.414 e. The number of carbonyl (C=O) groups excluding carboxylic acids is 1. The molecule has 2 N–H and O–H groups in total. The maximum Gasteiger partial charge on any atom is 0.335 e. The maximum atomic E-state index is 12.7. The molecule has 0 aliphatic carbocycles. The van der Waals surface area contributed by atoms with E-state index in [0.717, 1.165) is 4.57 Å². The molecule has 2 aromatic heterocycles. The Morgan fingerprint density at radius 3 is 1.26 bits per heavy atom. The average Bonchev–Trinajstić information content (AvgIpc) is 3.71. The number of aromatic amines is 2. The summed E-state index contributed by atoms with van der Waals surface area (Å²) in [7, 11) is -11.5. The van der Waals surface area contributed by atoms with Gasteiger partial charge in [-0.3, -0.25) is 28.7 Å². The van der Waals surface area contributed by atoms with Crippen LogP contribution in [-0.4, -0.2) is 113 Å². The van der Waals surface area contributed by atoms with Crippen LogP contribution in [0, 0.1) is 0 Å². The molecule has 0 amide bonds. The molecule has 384 valence electrons. The van der Waals surface area contributed by atoms with Gasteiger partial charge >= 0.3 is 45.6 Å². The van der Waals surface area contributed by atoms with Crippen LogP contribution in [0.4, 0.5) is 0 Å². The number of H-pyrrole nitrogens is 2. The van der Waals surface area contributed by atoms with Crippen LogP contribution in [0.5, 0.6) is 0 Å². The fourth-order valence-electron chi connectivity index (χ4n) is 10.8. The molecule has 2 aromatic rings. The highest BCUT2D eigenvalue weighted by atomic mass is 35.5. The summed E-state index contributed by atoms with van der Waals surface area (Å²) in [6.45, 7) is 34.3. The minimum atomic E-state index is -3.06. The van der Waals surface area contributed by atoms with E-state index < -0.39 is 110 Å². The van der Waals surface area contributed by atoms with E-state index in [1.807, 2.05) is 0 Å². The van der Waals surface area contributed by atoms with Gasteiger partial charge in [-0.2, -0.15) is 0 Å². The Morgan fingerprint density at radius 2 is 0.926 bits per heavy atom. The SMILES string of the molecule is CC(C)[Si]1(C(C)C)OC[C@H]2O[C@@H](n3ccc(=O)[nH]c3=O)C(Cl)(C=O)[C@H]2O[Si](C(C)C)(C(C)C)O1.CC(C)[Si]1(C(C)C)OC[C@H]2O[C@@H](n3ccc(=O)[nH]c3=O)[C@@]3(OC3Cl)[C@H]2O[Si](C(C)C)(C(C)C)O1. The average molecular weight is 1070 g/mol. The van der Waals surface area contributed by atoms with E-state index in [9.17, 15) is 24.0 Å². The van der Waals surface area contributed by atoms with Crippen LogP contribution >= 0.6 is 23.2 Å². The van der Waals surface area contributed by atoms with Gasteiger partial charge in [-0.05, 0) is 44.3 Å². The Labute approximate surface area is 413 Å². The molecular weight excluding hydrogens is 992 g/mol. The van der Waals surface area contributed by atoms with E-state index in [1.165, 1.54) is 29.1 Å². The lowest BCUT2D eigenvalue weighted by molar-refractivity contribution is -0.114. The van der Waals surface area contributed by atoms with Gasteiger partial charge in [0, 0.05) is 24.5 Å². The van der Waals surface area contributed by atoms with Crippen molar-refractivity contribution in [3.8, 4) is 0 Å². The fourth-order valence-corrected chi connectivity index (χ4v) is 34.1. The van der Waals surface area contributed by atoms with E-state index >= 15 is 0 Å². The molecule has 9 atom stereocenters. The topological polar surface area (TPSA) is 213 Å². The Hall–Kier alpha value is -1.88. The predicted molar refractivity (Wildman–Crippen MR) is 266 cm³/mol. The molecule has 7 rings (SSSR count). The molecule has 1 spiro atoms. The molecule has 5 fully saturated rings. The summed E-state index contributed by atoms with van der Waals surface area (Å²) >= 11 is 13.5. The van der Waals surface area contributed by atoms with Crippen molar-refractivity contribution in [3.05, 3.63) is 66.2 Å². The number of halogens is 2. The second-order valence-corrected chi connectivity index (χ2v) is 40.1. The number of epoxide rings is 1. The number of nitrogens with zero attached hydrogens (tertiary/aromatic N) is 2. The van der Waals surface area contributed by atoms with Crippen LogP contribution in [0.15, 0.2) is 43.7 Å². The van der Waals surface area contributed by atoms with Gasteiger partial charge in [0.15, 0.2) is 28.5 Å². The van der Waals surface area contributed by atoms with Gasteiger partial charge in [0.1, 0.15) is 30.7 Å². The number of aldehydes is 1. The van der Waals surface area contributed by atoms with Gasteiger partial charge in [0.05, 0.1) is 13.2 Å². The molecule has 0 bridgehead atoms. The van der Waals surface area contributed by atoms with Crippen molar-refractivity contribution in [2.75, 3.05) is 13.2 Å². The molecule has 2 unspecified atom stereocenters. The van der Waals surface area contributed by atoms with E-state index in [-0.39, 0.29) is 57.5 Å². The van der Waals surface area contributed by atoms with E-state index in [4.69, 9.17) is 63.3 Å². The highest BCUT2D eigenvalue weighted by molar-refractivity contribution is 6.84. The molecule has 0 aromatic carbocycles. The molecule has 68 heavy (non-hydrogen) atoms. The van der Waals surface area contributed by atoms with Crippen LogP contribution in [0.25, 0.3) is 0 Å². The number of alkyl halides is 2. The molecule has 5 aliphatic heterocycles. The summed E-state index contributed by atoms with van der Waals surface area (Å²) in [5.41, 5.74) is -3.17. The summed E-state index contributed by atoms with van der Waals surface area (Å²) in [5, 5.41) is 0. The Morgan fingerprint density at radius 1 is 0.588 bits per heavy atom. The normalized spacial score (nSPS) is 32.8. The van der Waals surface area contributed by atoms with Crippen LogP contribution in [0.2, 0.25) is 44.3 Å². The largest absolute Gasteiger partial charge is 0.414 e. The summed E-state index contributed by atoms with van der Waals surface area (Å²) in [6.07, 6.45) is -1.50. The van der Waals surface area contributed by atoms with Crippen molar-refractivity contribution in [1.82, 2.24) is 19.1 Å². The molecule has 7 heterocycles. The fraction of sp³-hybridized carbons (Fsp3) is 0.795. The van der Waals surface area contributed by atoms with Crippen molar-refractivity contribution in [2.24, 2.45) is 0 Å². The number of rotatable bonds is 11. The van der Waals surface area contributed by atoms with Crippen LogP contribution in [-0.2, 0) is 44.9 Å².